The van der Waals surface area contributed by atoms with E-state index >= 15 is 0 Å². The zero-order valence-corrected chi connectivity index (χ0v) is 12.6. The molecule has 0 N–H and O–H groups in total. The number of carbonyl (C=O) groups is 1. The van der Waals surface area contributed by atoms with Gasteiger partial charge in [-0.25, -0.2) is 0 Å². The first kappa shape index (κ1) is 14.1. The van der Waals surface area contributed by atoms with Gasteiger partial charge in [-0.3, -0.25) is 4.79 Å². The van der Waals surface area contributed by atoms with E-state index < -0.39 is 0 Å². The summed E-state index contributed by atoms with van der Waals surface area (Å²) in [5.41, 5.74) is 4.20. The molecule has 0 aliphatic rings. The SMILES string of the molecule is Cc1cc(C)c(C(=O)c2c(Cl)cccc2Cl)cc1C. The summed E-state index contributed by atoms with van der Waals surface area (Å²) in [4.78, 5) is 12.6. The first-order chi connectivity index (χ1) is 8.91. The number of hydrogen-bond acceptors (Lipinski definition) is 1. The third-order valence-electron chi connectivity index (χ3n) is 3.28. The zero-order valence-electron chi connectivity index (χ0n) is 11.1. The van der Waals surface area contributed by atoms with Gasteiger partial charge in [0.15, 0.2) is 5.78 Å². The molecule has 2 rings (SSSR count). The molecular weight excluding hydrogens is 279 g/mol. The van der Waals surface area contributed by atoms with Crippen molar-refractivity contribution in [2.24, 2.45) is 0 Å². The van der Waals surface area contributed by atoms with E-state index in [1.165, 1.54) is 5.56 Å². The second-order valence-corrected chi connectivity index (χ2v) is 5.49. The molecule has 0 saturated carbocycles. The number of benzene rings is 2. The van der Waals surface area contributed by atoms with Gasteiger partial charge in [0.1, 0.15) is 0 Å². The Hall–Kier alpha value is -1.31. The van der Waals surface area contributed by atoms with Crippen LogP contribution in [0.2, 0.25) is 10.0 Å². The molecule has 3 heteroatoms. The second kappa shape index (κ2) is 5.36. The lowest BCUT2D eigenvalue weighted by Crippen LogP contribution is -2.06. The molecule has 0 fully saturated rings. The minimum atomic E-state index is -0.129. The van der Waals surface area contributed by atoms with Crippen LogP contribution in [0.25, 0.3) is 0 Å². The van der Waals surface area contributed by atoms with Crippen LogP contribution in [0.4, 0.5) is 0 Å². The molecule has 0 saturated heterocycles. The van der Waals surface area contributed by atoms with Gasteiger partial charge in [0.05, 0.1) is 15.6 Å². The van der Waals surface area contributed by atoms with Crippen molar-refractivity contribution < 1.29 is 4.79 Å². The first-order valence-corrected chi connectivity index (χ1v) is 6.74. The van der Waals surface area contributed by atoms with E-state index in [0.29, 0.717) is 21.2 Å². The minimum absolute atomic E-state index is 0.129. The Morgan fingerprint density at radius 3 is 2.00 bits per heavy atom. The van der Waals surface area contributed by atoms with Crippen LogP contribution in [-0.2, 0) is 0 Å². The smallest absolute Gasteiger partial charge is 0.196 e. The molecule has 0 unspecified atom stereocenters. The maximum atomic E-state index is 12.6. The maximum absolute atomic E-state index is 12.6. The second-order valence-electron chi connectivity index (χ2n) is 4.68. The van der Waals surface area contributed by atoms with E-state index in [1.54, 1.807) is 18.2 Å². The van der Waals surface area contributed by atoms with Crippen LogP contribution in [-0.4, -0.2) is 5.78 Å². The van der Waals surface area contributed by atoms with E-state index in [9.17, 15) is 4.79 Å². The molecule has 0 bridgehead atoms. The van der Waals surface area contributed by atoms with Gasteiger partial charge >= 0.3 is 0 Å². The molecular formula is C16H14Cl2O. The number of carbonyl (C=O) groups excluding carboxylic acids is 1. The van der Waals surface area contributed by atoms with Gasteiger partial charge in [-0.15, -0.1) is 0 Å². The largest absolute Gasteiger partial charge is 0.288 e. The zero-order chi connectivity index (χ0) is 14.2. The standard InChI is InChI=1S/C16H14Cl2O/c1-9-7-11(3)12(8-10(9)2)16(19)15-13(17)5-4-6-14(15)18/h4-8H,1-3H3. The van der Waals surface area contributed by atoms with Gasteiger partial charge in [-0.05, 0) is 55.7 Å². The predicted molar refractivity (Wildman–Crippen MR) is 80.5 cm³/mol. The molecule has 0 amide bonds. The van der Waals surface area contributed by atoms with Crippen LogP contribution in [0.3, 0.4) is 0 Å². The Labute approximate surface area is 123 Å². The summed E-state index contributed by atoms with van der Waals surface area (Å²) in [6.07, 6.45) is 0. The number of halogens is 2. The molecule has 98 valence electrons. The molecule has 2 aromatic carbocycles. The lowest BCUT2D eigenvalue weighted by atomic mass is 9.95. The van der Waals surface area contributed by atoms with Crippen molar-refractivity contribution >= 4 is 29.0 Å². The van der Waals surface area contributed by atoms with Crippen molar-refractivity contribution in [3.8, 4) is 0 Å². The fourth-order valence-corrected chi connectivity index (χ4v) is 2.62. The summed E-state index contributed by atoms with van der Waals surface area (Å²) in [7, 11) is 0. The highest BCUT2D eigenvalue weighted by atomic mass is 35.5. The Bertz CT molecular complexity index is 640. The van der Waals surface area contributed by atoms with E-state index in [1.807, 2.05) is 32.9 Å². The van der Waals surface area contributed by atoms with Crippen LogP contribution in [0.1, 0.15) is 32.6 Å². The molecule has 0 aromatic heterocycles. The Morgan fingerprint density at radius 1 is 0.895 bits per heavy atom. The van der Waals surface area contributed by atoms with Crippen LogP contribution in [0, 0.1) is 20.8 Å². The molecule has 2 aromatic rings. The highest BCUT2D eigenvalue weighted by Gasteiger charge is 2.18. The molecule has 0 aliphatic heterocycles. The number of hydrogen-bond donors (Lipinski definition) is 0. The van der Waals surface area contributed by atoms with Gasteiger partial charge < -0.3 is 0 Å². The number of rotatable bonds is 2. The van der Waals surface area contributed by atoms with Crippen molar-refractivity contribution in [1.82, 2.24) is 0 Å². The Balaban J connectivity index is 2.60. The van der Waals surface area contributed by atoms with Gasteiger partial charge in [-0.1, -0.05) is 35.3 Å². The first-order valence-electron chi connectivity index (χ1n) is 5.98. The normalized spacial score (nSPS) is 10.6. The molecule has 0 spiro atoms. The van der Waals surface area contributed by atoms with Gasteiger partial charge in [0.2, 0.25) is 0 Å². The van der Waals surface area contributed by atoms with Crippen molar-refractivity contribution in [1.29, 1.82) is 0 Å². The molecule has 0 aliphatic carbocycles. The van der Waals surface area contributed by atoms with Crippen LogP contribution in [0.5, 0.6) is 0 Å². The lowest BCUT2D eigenvalue weighted by molar-refractivity contribution is 0.103. The summed E-state index contributed by atoms with van der Waals surface area (Å²) in [6, 6.07) is 8.99. The van der Waals surface area contributed by atoms with Gasteiger partial charge in [-0.2, -0.15) is 0 Å². The third kappa shape index (κ3) is 2.68. The fourth-order valence-electron chi connectivity index (χ4n) is 2.05. The van der Waals surface area contributed by atoms with Crippen LogP contribution in [0.15, 0.2) is 30.3 Å². The molecule has 1 nitrogen and oxygen atoms in total. The number of aryl methyl sites for hydroxylation is 3. The summed E-state index contributed by atoms with van der Waals surface area (Å²) in [6.45, 7) is 5.93. The monoisotopic (exact) mass is 292 g/mol. The Morgan fingerprint density at radius 2 is 1.42 bits per heavy atom. The highest BCUT2D eigenvalue weighted by Crippen LogP contribution is 2.28. The van der Waals surface area contributed by atoms with Crippen LogP contribution >= 0.6 is 23.2 Å². The fraction of sp³-hybridized carbons (Fsp3) is 0.188. The van der Waals surface area contributed by atoms with E-state index in [2.05, 4.69) is 0 Å². The average molecular weight is 293 g/mol. The van der Waals surface area contributed by atoms with Crippen molar-refractivity contribution in [2.75, 3.05) is 0 Å². The molecule has 0 atom stereocenters. The van der Waals surface area contributed by atoms with Gasteiger partial charge in [0.25, 0.3) is 0 Å². The highest BCUT2D eigenvalue weighted by molar-refractivity contribution is 6.41. The van der Waals surface area contributed by atoms with E-state index in [0.717, 1.165) is 11.1 Å². The van der Waals surface area contributed by atoms with Crippen LogP contribution < -0.4 is 0 Å². The van der Waals surface area contributed by atoms with E-state index in [-0.39, 0.29) is 5.78 Å². The Kier molecular flexibility index (Phi) is 3.98. The summed E-state index contributed by atoms with van der Waals surface area (Å²) >= 11 is 12.2. The summed E-state index contributed by atoms with van der Waals surface area (Å²) in [5.74, 6) is -0.129. The molecule has 0 heterocycles. The third-order valence-corrected chi connectivity index (χ3v) is 3.91. The van der Waals surface area contributed by atoms with Crippen molar-refractivity contribution in [2.45, 2.75) is 20.8 Å². The minimum Gasteiger partial charge on any atom is -0.288 e. The average Bonchev–Trinajstić information content (AvgIpc) is 2.33. The molecule has 0 radical (unpaired) electrons. The van der Waals surface area contributed by atoms with Crippen molar-refractivity contribution in [3.05, 3.63) is 68.2 Å². The van der Waals surface area contributed by atoms with Gasteiger partial charge in [0, 0.05) is 5.56 Å². The van der Waals surface area contributed by atoms with Crippen molar-refractivity contribution in [3.63, 3.8) is 0 Å². The predicted octanol–water partition coefficient (Wildman–Crippen LogP) is 5.15. The maximum Gasteiger partial charge on any atom is 0.196 e. The van der Waals surface area contributed by atoms with E-state index in [4.69, 9.17) is 23.2 Å². The summed E-state index contributed by atoms with van der Waals surface area (Å²) in [5, 5.41) is 0.769. The molecule has 19 heavy (non-hydrogen) atoms. The summed E-state index contributed by atoms with van der Waals surface area (Å²) < 4.78 is 0. The number of ketones is 1. The topological polar surface area (TPSA) is 17.1 Å². The lowest BCUT2D eigenvalue weighted by Gasteiger charge is -2.11. The quantitative estimate of drug-likeness (QED) is 0.700.